The molecule has 1 fully saturated rings. The van der Waals surface area contributed by atoms with Crippen molar-refractivity contribution < 1.29 is 9.53 Å². The van der Waals surface area contributed by atoms with Crippen molar-refractivity contribution in [3.63, 3.8) is 0 Å². The lowest BCUT2D eigenvalue weighted by Crippen LogP contribution is -2.25. The number of ether oxygens (including phenoxy) is 1. The lowest BCUT2D eigenvalue weighted by molar-refractivity contribution is -0.117. The van der Waals surface area contributed by atoms with E-state index in [1.54, 1.807) is 30.2 Å². The Hall–Kier alpha value is -2.79. The van der Waals surface area contributed by atoms with E-state index in [4.69, 9.17) is 21.3 Å². The molecule has 1 saturated heterocycles. The average Bonchev–Trinajstić information content (AvgIpc) is 3.23. The van der Waals surface area contributed by atoms with E-state index in [0.29, 0.717) is 36.0 Å². The summed E-state index contributed by atoms with van der Waals surface area (Å²) in [4.78, 5) is 19.4. The van der Waals surface area contributed by atoms with Crippen LogP contribution >= 0.6 is 11.6 Å². The summed E-state index contributed by atoms with van der Waals surface area (Å²) >= 11 is 6.15. The predicted molar refractivity (Wildman–Crippen MR) is 108 cm³/mol. The Morgan fingerprint density at radius 1 is 1.33 bits per heavy atom. The van der Waals surface area contributed by atoms with Crippen LogP contribution in [0.2, 0.25) is 5.02 Å². The molecule has 1 aliphatic heterocycles. The summed E-state index contributed by atoms with van der Waals surface area (Å²) in [5.41, 5.74) is 2.68. The van der Waals surface area contributed by atoms with Crippen LogP contribution in [0.3, 0.4) is 0 Å². The average molecular weight is 382 g/mol. The molecule has 1 aromatic heterocycles. The van der Waals surface area contributed by atoms with Gasteiger partial charge in [-0.2, -0.15) is 0 Å². The fourth-order valence-electron chi connectivity index (χ4n) is 3.71. The third kappa shape index (κ3) is 3.08. The van der Waals surface area contributed by atoms with Crippen LogP contribution in [0, 0.1) is 0 Å². The first-order valence-corrected chi connectivity index (χ1v) is 9.20. The van der Waals surface area contributed by atoms with Crippen molar-refractivity contribution in [3.05, 3.63) is 66.0 Å². The van der Waals surface area contributed by atoms with Crippen molar-refractivity contribution in [2.45, 2.75) is 18.9 Å². The first-order chi connectivity index (χ1) is 13.1. The molecule has 1 amide bonds. The lowest BCUT2D eigenvalue weighted by atomic mass is 10.1. The number of allylic oxidation sites excluding steroid dienone is 1. The molecule has 5 nitrogen and oxygen atoms in total. The molecule has 0 radical (unpaired) electrons. The number of anilines is 1. The van der Waals surface area contributed by atoms with Crippen molar-refractivity contribution in [3.8, 4) is 5.75 Å². The number of imidazole rings is 1. The van der Waals surface area contributed by atoms with Gasteiger partial charge in [-0.05, 0) is 30.3 Å². The highest BCUT2D eigenvalue weighted by atomic mass is 35.5. The van der Waals surface area contributed by atoms with Crippen molar-refractivity contribution in [1.29, 1.82) is 0 Å². The second-order valence-corrected chi connectivity index (χ2v) is 7.02. The minimum absolute atomic E-state index is 0.00598. The fraction of sp³-hybridized carbons (Fsp3) is 0.238. The van der Waals surface area contributed by atoms with Crippen LogP contribution in [0.5, 0.6) is 5.75 Å². The Morgan fingerprint density at radius 3 is 2.93 bits per heavy atom. The van der Waals surface area contributed by atoms with Crippen LogP contribution in [-0.4, -0.2) is 29.1 Å². The van der Waals surface area contributed by atoms with Gasteiger partial charge in [-0.15, -0.1) is 6.58 Å². The molecule has 0 N–H and O–H groups in total. The normalized spacial score (nSPS) is 16.9. The number of carbonyl (C=O) groups excluding carboxylic acids is 1. The monoisotopic (exact) mass is 381 g/mol. The molecule has 0 spiro atoms. The molecule has 0 bridgehead atoms. The Morgan fingerprint density at radius 2 is 2.15 bits per heavy atom. The maximum absolute atomic E-state index is 12.8. The first kappa shape index (κ1) is 17.6. The topological polar surface area (TPSA) is 47.4 Å². The third-order valence-corrected chi connectivity index (χ3v) is 5.15. The molecule has 6 heteroatoms. The minimum Gasteiger partial charge on any atom is -0.495 e. The number of benzene rings is 2. The minimum atomic E-state index is -0.00598. The molecule has 1 atom stereocenters. The Labute approximate surface area is 162 Å². The quantitative estimate of drug-likeness (QED) is 0.615. The SMILES string of the molecule is C=CCn1c([C@@H]2CC(=O)N(c3cc(Cl)ccc3OC)C2)nc2ccccc21. The highest BCUT2D eigenvalue weighted by molar-refractivity contribution is 6.31. The van der Waals surface area contributed by atoms with Gasteiger partial charge in [-0.1, -0.05) is 29.8 Å². The fourth-order valence-corrected chi connectivity index (χ4v) is 3.88. The van der Waals surface area contributed by atoms with Crippen molar-refractivity contribution in [2.24, 2.45) is 0 Å². The first-order valence-electron chi connectivity index (χ1n) is 8.82. The van der Waals surface area contributed by atoms with Crippen LogP contribution in [0.1, 0.15) is 18.2 Å². The van der Waals surface area contributed by atoms with E-state index in [-0.39, 0.29) is 11.8 Å². The van der Waals surface area contributed by atoms with E-state index in [9.17, 15) is 4.79 Å². The van der Waals surface area contributed by atoms with Gasteiger partial charge in [0.15, 0.2) is 0 Å². The van der Waals surface area contributed by atoms with Crippen molar-refractivity contribution >= 4 is 34.2 Å². The summed E-state index contributed by atoms with van der Waals surface area (Å²) in [6.07, 6.45) is 2.25. The largest absolute Gasteiger partial charge is 0.495 e. The summed E-state index contributed by atoms with van der Waals surface area (Å²) in [5.74, 6) is 1.58. The number of halogens is 1. The van der Waals surface area contributed by atoms with Gasteiger partial charge >= 0.3 is 0 Å². The zero-order valence-corrected chi connectivity index (χ0v) is 15.8. The lowest BCUT2D eigenvalue weighted by Gasteiger charge is -2.20. The second kappa shape index (κ2) is 7.08. The molecule has 3 aromatic rings. The highest BCUT2D eigenvalue weighted by Crippen LogP contribution is 2.38. The van der Waals surface area contributed by atoms with Gasteiger partial charge in [-0.3, -0.25) is 4.79 Å². The highest BCUT2D eigenvalue weighted by Gasteiger charge is 2.36. The van der Waals surface area contributed by atoms with Gasteiger partial charge in [0.05, 0.1) is 23.8 Å². The number of aromatic nitrogens is 2. The molecule has 2 aromatic carbocycles. The molecule has 0 unspecified atom stereocenters. The Kier molecular flexibility index (Phi) is 4.62. The number of rotatable bonds is 5. The molecule has 1 aliphatic rings. The molecule has 27 heavy (non-hydrogen) atoms. The third-order valence-electron chi connectivity index (χ3n) is 4.92. The Bertz CT molecular complexity index is 1030. The number of para-hydroxylation sites is 2. The van der Waals surface area contributed by atoms with Crippen LogP contribution in [0.4, 0.5) is 5.69 Å². The van der Waals surface area contributed by atoms with Gasteiger partial charge in [0.1, 0.15) is 11.6 Å². The van der Waals surface area contributed by atoms with Gasteiger partial charge in [-0.25, -0.2) is 4.98 Å². The van der Waals surface area contributed by atoms with Gasteiger partial charge in [0, 0.05) is 30.5 Å². The van der Waals surface area contributed by atoms with Crippen LogP contribution < -0.4 is 9.64 Å². The van der Waals surface area contributed by atoms with E-state index in [0.717, 1.165) is 16.9 Å². The van der Waals surface area contributed by atoms with Crippen LogP contribution in [0.25, 0.3) is 11.0 Å². The maximum atomic E-state index is 12.8. The zero-order valence-electron chi connectivity index (χ0n) is 15.1. The van der Waals surface area contributed by atoms with Gasteiger partial charge in [0.2, 0.25) is 5.91 Å². The molecular weight excluding hydrogens is 362 g/mol. The molecular formula is C21H20ClN3O2. The standard InChI is InChI=1S/C21H20ClN3O2/c1-3-10-24-17-7-5-4-6-16(17)23-21(24)14-11-20(26)25(13-14)18-12-15(22)8-9-19(18)27-2/h3-9,12,14H,1,10-11,13H2,2H3/t14-/m1/s1. The molecule has 2 heterocycles. The number of hydrogen-bond acceptors (Lipinski definition) is 3. The van der Waals surface area contributed by atoms with Crippen molar-refractivity contribution in [1.82, 2.24) is 9.55 Å². The number of methoxy groups -OCH3 is 1. The van der Waals surface area contributed by atoms with Gasteiger partial charge in [0.25, 0.3) is 0 Å². The predicted octanol–water partition coefficient (Wildman–Crippen LogP) is 4.40. The van der Waals surface area contributed by atoms with E-state index < -0.39 is 0 Å². The number of carbonyl (C=O) groups is 1. The summed E-state index contributed by atoms with van der Waals surface area (Å²) in [6, 6.07) is 13.3. The van der Waals surface area contributed by atoms with Crippen LogP contribution in [-0.2, 0) is 11.3 Å². The molecule has 0 saturated carbocycles. The number of hydrogen-bond donors (Lipinski definition) is 0. The number of fused-ring (bicyclic) bond motifs is 1. The van der Waals surface area contributed by atoms with Crippen molar-refractivity contribution in [2.75, 3.05) is 18.6 Å². The molecule has 4 rings (SSSR count). The van der Waals surface area contributed by atoms with E-state index in [2.05, 4.69) is 11.1 Å². The summed E-state index contributed by atoms with van der Waals surface area (Å²) in [6.45, 7) is 5.05. The summed E-state index contributed by atoms with van der Waals surface area (Å²) < 4.78 is 7.56. The molecule has 0 aliphatic carbocycles. The molecule has 138 valence electrons. The number of amides is 1. The van der Waals surface area contributed by atoms with E-state index in [1.807, 2.05) is 30.3 Å². The number of nitrogens with zero attached hydrogens (tertiary/aromatic N) is 3. The van der Waals surface area contributed by atoms with Crippen LogP contribution in [0.15, 0.2) is 55.1 Å². The Balaban J connectivity index is 1.73. The summed E-state index contributed by atoms with van der Waals surface area (Å²) in [7, 11) is 1.59. The smallest absolute Gasteiger partial charge is 0.227 e. The van der Waals surface area contributed by atoms with Gasteiger partial charge < -0.3 is 14.2 Å². The zero-order chi connectivity index (χ0) is 19.0. The second-order valence-electron chi connectivity index (χ2n) is 6.58. The van der Waals surface area contributed by atoms with E-state index in [1.165, 1.54) is 0 Å². The van der Waals surface area contributed by atoms with E-state index >= 15 is 0 Å². The summed E-state index contributed by atoms with van der Waals surface area (Å²) in [5, 5.41) is 0.570. The maximum Gasteiger partial charge on any atom is 0.227 e.